The lowest BCUT2D eigenvalue weighted by Crippen LogP contribution is -2.21. The van der Waals surface area contributed by atoms with Crippen LogP contribution in [0.15, 0.2) is 24.3 Å². The number of anilines is 4. The third-order valence-corrected chi connectivity index (χ3v) is 6.38. The van der Waals surface area contributed by atoms with Gasteiger partial charge in [0, 0.05) is 37.6 Å². The molecule has 2 fully saturated rings. The van der Waals surface area contributed by atoms with Gasteiger partial charge in [-0.3, -0.25) is 0 Å². The summed E-state index contributed by atoms with van der Waals surface area (Å²) in [6.07, 6.45) is 5.21. The van der Waals surface area contributed by atoms with Crippen molar-refractivity contribution in [2.24, 2.45) is 0 Å². The smallest absolute Gasteiger partial charge is 0.0589 e. The van der Waals surface area contributed by atoms with Crippen LogP contribution in [0.2, 0.25) is 0 Å². The van der Waals surface area contributed by atoms with E-state index >= 15 is 0 Å². The van der Waals surface area contributed by atoms with Crippen LogP contribution >= 0.6 is 0 Å². The van der Waals surface area contributed by atoms with E-state index in [0.717, 1.165) is 11.4 Å². The van der Waals surface area contributed by atoms with Crippen LogP contribution in [0.25, 0.3) is 0 Å². The topological polar surface area (TPSA) is 30.5 Å². The van der Waals surface area contributed by atoms with Gasteiger partial charge in [-0.1, -0.05) is 12.1 Å². The molecule has 2 aliphatic rings. The van der Waals surface area contributed by atoms with Crippen molar-refractivity contribution < 1.29 is 0 Å². The van der Waals surface area contributed by atoms with Crippen molar-refractivity contribution in [2.45, 2.75) is 53.4 Å². The fourth-order valence-corrected chi connectivity index (χ4v) is 4.81. The molecular weight excluding hydrogens is 344 g/mol. The highest BCUT2D eigenvalue weighted by molar-refractivity contribution is 5.73. The summed E-state index contributed by atoms with van der Waals surface area (Å²) >= 11 is 0. The van der Waals surface area contributed by atoms with Crippen LogP contribution in [0.5, 0.6) is 0 Å². The number of hydrazine groups is 1. The zero-order chi connectivity index (χ0) is 19.7. The molecule has 0 saturated carbocycles. The number of nitrogens with one attached hydrogen (secondary N) is 2. The molecule has 4 rings (SSSR count). The fourth-order valence-electron chi connectivity index (χ4n) is 4.81. The standard InChI is InChI=1S/C24H34N4/c1-17-9-10-21(20(4)24(17)28-13-7-8-14-28)25-26-22-16-23(19(3)15-18(22)2)27-11-5-6-12-27/h9-10,15-16,25-26H,5-8,11-14H2,1-4H3. The highest BCUT2D eigenvalue weighted by atomic mass is 15.4. The molecule has 4 nitrogen and oxygen atoms in total. The van der Waals surface area contributed by atoms with E-state index in [1.807, 2.05) is 0 Å². The Balaban J connectivity index is 1.56. The minimum Gasteiger partial charge on any atom is -0.371 e. The zero-order valence-corrected chi connectivity index (χ0v) is 17.9. The molecular formula is C24H34N4. The Labute approximate surface area is 169 Å². The fraction of sp³-hybridized carbons (Fsp3) is 0.500. The Morgan fingerprint density at radius 1 is 0.643 bits per heavy atom. The Morgan fingerprint density at radius 3 is 1.93 bits per heavy atom. The predicted octanol–water partition coefficient (Wildman–Crippen LogP) is 5.56. The van der Waals surface area contributed by atoms with E-state index in [0.29, 0.717) is 0 Å². The first-order chi connectivity index (χ1) is 13.5. The maximum absolute atomic E-state index is 3.50. The molecule has 2 aromatic rings. The minimum absolute atomic E-state index is 1.16. The van der Waals surface area contributed by atoms with Crippen molar-refractivity contribution >= 4 is 22.7 Å². The molecule has 2 heterocycles. The van der Waals surface area contributed by atoms with Crippen molar-refractivity contribution in [3.63, 3.8) is 0 Å². The Morgan fingerprint density at radius 2 is 1.25 bits per heavy atom. The number of hydrogen-bond donors (Lipinski definition) is 2. The average Bonchev–Trinajstić information content (AvgIpc) is 3.36. The van der Waals surface area contributed by atoms with E-state index in [4.69, 9.17) is 0 Å². The summed E-state index contributed by atoms with van der Waals surface area (Å²) in [5.74, 6) is 0. The van der Waals surface area contributed by atoms with Crippen LogP contribution in [0.3, 0.4) is 0 Å². The highest BCUT2D eigenvalue weighted by Gasteiger charge is 2.19. The average molecular weight is 379 g/mol. The first kappa shape index (κ1) is 19.0. The van der Waals surface area contributed by atoms with Crippen LogP contribution in [0.4, 0.5) is 22.7 Å². The van der Waals surface area contributed by atoms with Gasteiger partial charge in [-0.2, -0.15) is 0 Å². The van der Waals surface area contributed by atoms with Gasteiger partial charge in [-0.15, -0.1) is 0 Å². The molecule has 0 aliphatic carbocycles. The Kier molecular flexibility index (Phi) is 5.38. The summed E-state index contributed by atoms with van der Waals surface area (Å²) in [4.78, 5) is 5.06. The second-order valence-electron chi connectivity index (χ2n) is 8.50. The summed E-state index contributed by atoms with van der Waals surface area (Å²) in [7, 11) is 0. The van der Waals surface area contributed by atoms with Gasteiger partial charge in [-0.25, -0.2) is 0 Å². The van der Waals surface area contributed by atoms with E-state index in [9.17, 15) is 0 Å². The van der Waals surface area contributed by atoms with E-state index in [1.165, 1.54) is 85.5 Å². The molecule has 2 N–H and O–H groups in total. The number of benzene rings is 2. The normalized spacial score (nSPS) is 16.7. The highest BCUT2D eigenvalue weighted by Crippen LogP contribution is 2.34. The van der Waals surface area contributed by atoms with Crippen LogP contribution in [0.1, 0.15) is 47.9 Å². The van der Waals surface area contributed by atoms with Crippen molar-refractivity contribution in [1.29, 1.82) is 0 Å². The van der Waals surface area contributed by atoms with Gasteiger partial charge in [0.15, 0.2) is 0 Å². The summed E-state index contributed by atoms with van der Waals surface area (Å²) in [5.41, 5.74) is 17.4. The van der Waals surface area contributed by atoms with E-state index in [-0.39, 0.29) is 0 Å². The molecule has 150 valence electrons. The molecule has 0 bridgehead atoms. The third-order valence-electron chi connectivity index (χ3n) is 6.38. The van der Waals surface area contributed by atoms with Gasteiger partial charge in [0.1, 0.15) is 0 Å². The van der Waals surface area contributed by atoms with Crippen LogP contribution in [0, 0.1) is 27.7 Å². The van der Waals surface area contributed by atoms with Crippen molar-refractivity contribution in [3.8, 4) is 0 Å². The molecule has 4 heteroatoms. The van der Waals surface area contributed by atoms with Crippen LogP contribution in [-0.2, 0) is 0 Å². The molecule has 0 amide bonds. The monoisotopic (exact) mass is 378 g/mol. The number of rotatable bonds is 5. The summed E-state index contributed by atoms with van der Waals surface area (Å²) in [6.45, 7) is 13.6. The lowest BCUT2D eigenvalue weighted by molar-refractivity contribution is 0.949. The molecule has 2 aliphatic heterocycles. The maximum atomic E-state index is 3.50. The number of hydrogen-bond acceptors (Lipinski definition) is 4. The van der Waals surface area contributed by atoms with Crippen LogP contribution in [-0.4, -0.2) is 26.2 Å². The third kappa shape index (κ3) is 3.65. The quantitative estimate of drug-likeness (QED) is 0.667. The molecule has 0 aromatic heterocycles. The van der Waals surface area contributed by atoms with Gasteiger partial charge in [0.2, 0.25) is 0 Å². The van der Waals surface area contributed by atoms with E-state index in [1.54, 1.807) is 0 Å². The summed E-state index contributed by atoms with van der Waals surface area (Å²) < 4.78 is 0. The van der Waals surface area contributed by atoms with E-state index < -0.39 is 0 Å². The lowest BCUT2D eigenvalue weighted by Gasteiger charge is -2.26. The first-order valence-electron chi connectivity index (χ1n) is 10.8. The lowest BCUT2D eigenvalue weighted by atomic mass is 10.1. The molecule has 2 aromatic carbocycles. The van der Waals surface area contributed by atoms with Gasteiger partial charge < -0.3 is 20.7 Å². The summed E-state index contributed by atoms with van der Waals surface area (Å²) in [5, 5.41) is 0. The zero-order valence-electron chi connectivity index (χ0n) is 17.9. The number of aryl methyl sites for hydroxylation is 3. The van der Waals surface area contributed by atoms with Crippen LogP contribution < -0.4 is 20.7 Å². The van der Waals surface area contributed by atoms with Gasteiger partial charge in [0.05, 0.1) is 11.4 Å². The van der Waals surface area contributed by atoms with Crippen molar-refractivity contribution in [3.05, 3.63) is 46.5 Å². The predicted molar refractivity (Wildman–Crippen MR) is 122 cm³/mol. The summed E-state index contributed by atoms with van der Waals surface area (Å²) in [6, 6.07) is 9.05. The number of nitrogens with zero attached hydrogens (tertiary/aromatic N) is 2. The minimum atomic E-state index is 1.16. The van der Waals surface area contributed by atoms with Gasteiger partial charge in [0.25, 0.3) is 0 Å². The molecule has 0 unspecified atom stereocenters. The van der Waals surface area contributed by atoms with Crippen molar-refractivity contribution in [2.75, 3.05) is 46.8 Å². The first-order valence-corrected chi connectivity index (χ1v) is 10.8. The van der Waals surface area contributed by atoms with Crippen molar-refractivity contribution in [1.82, 2.24) is 0 Å². The second-order valence-corrected chi connectivity index (χ2v) is 8.50. The maximum Gasteiger partial charge on any atom is 0.0589 e. The van der Waals surface area contributed by atoms with Gasteiger partial charge >= 0.3 is 0 Å². The molecule has 0 radical (unpaired) electrons. The largest absolute Gasteiger partial charge is 0.371 e. The molecule has 28 heavy (non-hydrogen) atoms. The Bertz CT molecular complexity index is 844. The SMILES string of the molecule is Cc1cc(C)c(N2CCCC2)cc1NNc1ccc(C)c(N2CCCC2)c1C. The molecule has 0 atom stereocenters. The van der Waals surface area contributed by atoms with Gasteiger partial charge in [-0.05, 0) is 87.8 Å². The molecule has 0 spiro atoms. The molecule has 2 saturated heterocycles. The second kappa shape index (κ2) is 7.94. The Hall–Kier alpha value is -2.36. The van der Waals surface area contributed by atoms with E-state index in [2.05, 4.69) is 72.6 Å².